The van der Waals surface area contributed by atoms with Gasteiger partial charge in [0, 0.05) is 18.5 Å². The van der Waals surface area contributed by atoms with Gasteiger partial charge in [-0.05, 0) is 46.0 Å². The highest BCUT2D eigenvalue weighted by atomic mass is 16.5. The second-order valence-electron chi connectivity index (χ2n) is 7.35. The Labute approximate surface area is 180 Å². The topological polar surface area (TPSA) is 56.1 Å². The van der Waals surface area contributed by atoms with Gasteiger partial charge in [-0.1, -0.05) is 54.6 Å². The standard InChI is InChI=1S/C26H21N3O2/c1-31-24-16-18(10-12-23(24)29-15-14-27-17-29)11-13-25(30)28-26-21-8-4-2-6-19(21)20-7-3-5-9-22(20)26/h2-17,26H,1H3,(H,28,30)/b13-11+. The molecule has 0 bridgehead atoms. The summed E-state index contributed by atoms with van der Waals surface area (Å²) in [4.78, 5) is 16.8. The number of hydrogen-bond acceptors (Lipinski definition) is 3. The third-order valence-corrected chi connectivity index (χ3v) is 5.53. The molecular formula is C26H21N3O2. The first-order valence-electron chi connectivity index (χ1n) is 10.1. The number of nitrogens with zero attached hydrogens (tertiary/aromatic N) is 2. The molecule has 1 aliphatic rings. The Bertz CT molecular complexity index is 1230. The quantitative estimate of drug-likeness (QED) is 0.485. The molecule has 4 aromatic rings. The third-order valence-electron chi connectivity index (χ3n) is 5.53. The normalized spacial score (nSPS) is 12.5. The minimum Gasteiger partial charge on any atom is -0.495 e. The molecule has 0 saturated carbocycles. The highest BCUT2D eigenvalue weighted by molar-refractivity contribution is 5.93. The molecule has 1 heterocycles. The number of imidazole rings is 1. The maximum Gasteiger partial charge on any atom is 0.244 e. The molecule has 5 heteroatoms. The second-order valence-corrected chi connectivity index (χ2v) is 7.35. The second kappa shape index (κ2) is 7.95. The monoisotopic (exact) mass is 407 g/mol. The van der Waals surface area contributed by atoms with Crippen LogP contribution >= 0.6 is 0 Å². The number of nitrogens with one attached hydrogen (secondary N) is 1. The fraction of sp³-hybridized carbons (Fsp3) is 0.0769. The molecule has 3 aromatic carbocycles. The molecule has 1 aliphatic carbocycles. The van der Waals surface area contributed by atoms with Gasteiger partial charge in [-0.25, -0.2) is 4.98 Å². The van der Waals surface area contributed by atoms with E-state index >= 15 is 0 Å². The maximum atomic E-state index is 12.8. The number of rotatable bonds is 5. The molecular weight excluding hydrogens is 386 g/mol. The van der Waals surface area contributed by atoms with Gasteiger partial charge in [0.1, 0.15) is 5.75 Å². The number of amides is 1. The number of carbonyl (C=O) groups excluding carboxylic acids is 1. The minimum atomic E-state index is -0.150. The number of ether oxygens (including phenoxy) is 1. The Balaban J connectivity index is 1.37. The van der Waals surface area contributed by atoms with E-state index in [0.717, 1.165) is 22.4 Å². The molecule has 0 unspecified atom stereocenters. The molecule has 5 nitrogen and oxygen atoms in total. The summed E-state index contributed by atoms with van der Waals surface area (Å²) in [6, 6.07) is 22.1. The fourth-order valence-corrected chi connectivity index (χ4v) is 4.09. The van der Waals surface area contributed by atoms with Crippen LogP contribution in [0.15, 0.2) is 91.5 Å². The van der Waals surface area contributed by atoms with E-state index < -0.39 is 0 Å². The van der Waals surface area contributed by atoms with E-state index in [-0.39, 0.29) is 11.9 Å². The van der Waals surface area contributed by atoms with Gasteiger partial charge in [0.15, 0.2) is 0 Å². The summed E-state index contributed by atoms with van der Waals surface area (Å²) in [5.74, 6) is 0.563. The van der Waals surface area contributed by atoms with Gasteiger partial charge in [0.25, 0.3) is 0 Å². The van der Waals surface area contributed by atoms with Crippen molar-refractivity contribution in [2.24, 2.45) is 0 Å². The summed E-state index contributed by atoms with van der Waals surface area (Å²) in [5, 5.41) is 3.15. The fourth-order valence-electron chi connectivity index (χ4n) is 4.09. The van der Waals surface area contributed by atoms with Crippen LogP contribution in [0.25, 0.3) is 22.9 Å². The molecule has 0 radical (unpaired) electrons. The van der Waals surface area contributed by atoms with Crippen LogP contribution in [-0.4, -0.2) is 22.6 Å². The molecule has 1 N–H and O–H groups in total. The summed E-state index contributed by atoms with van der Waals surface area (Å²) in [6.07, 6.45) is 8.66. The smallest absolute Gasteiger partial charge is 0.244 e. The van der Waals surface area contributed by atoms with Crippen LogP contribution in [0, 0.1) is 0 Å². The average molecular weight is 407 g/mol. The maximum absolute atomic E-state index is 12.8. The molecule has 0 fully saturated rings. The predicted molar refractivity (Wildman–Crippen MR) is 121 cm³/mol. The van der Waals surface area contributed by atoms with E-state index in [4.69, 9.17) is 4.74 Å². The summed E-state index contributed by atoms with van der Waals surface area (Å²) in [6.45, 7) is 0. The van der Waals surface area contributed by atoms with Crippen LogP contribution < -0.4 is 10.1 Å². The van der Waals surface area contributed by atoms with Crippen LogP contribution in [0.5, 0.6) is 5.75 Å². The number of aromatic nitrogens is 2. The molecule has 0 spiro atoms. The Hall–Kier alpha value is -4.12. The number of carbonyl (C=O) groups is 1. The van der Waals surface area contributed by atoms with Gasteiger partial charge in [0.2, 0.25) is 5.91 Å². The van der Waals surface area contributed by atoms with Gasteiger partial charge < -0.3 is 14.6 Å². The van der Waals surface area contributed by atoms with Crippen molar-refractivity contribution >= 4 is 12.0 Å². The Kier molecular flexibility index (Phi) is 4.84. The molecule has 1 aromatic heterocycles. The number of fused-ring (bicyclic) bond motifs is 3. The molecule has 152 valence electrons. The lowest BCUT2D eigenvalue weighted by atomic mass is 10.1. The molecule has 0 saturated heterocycles. The lowest BCUT2D eigenvalue weighted by molar-refractivity contribution is -0.116. The Morgan fingerprint density at radius 2 is 1.74 bits per heavy atom. The van der Waals surface area contributed by atoms with Gasteiger partial charge in [-0.3, -0.25) is 4.79 Å². The molecule has 1 amide bonds. The number of methoxy groups -OCH3 is 1. The van der Waals surface area contributed by atoms with E-state index in [2.05, 4.69) is 34.6 Å². The van der Waals surface area contributed by atoms with Crippen LogP contribution in [0.1, 0.15) is 22.7 Å². The van der Waals surface area contributed by atoms with Crippen LogP contribution in [0.3, 0.4) is 0 Å². The third kappa shape index (κ3) is 3.51. The summed E-state index contributed by atoms with van der Waals surface area (Å²) in [5.41, 5.74) is 6.36. The zero-order valence-corrected chi connectivity index (χ0v) is 17.0. The lowest BCUT2D eigenvalue weighted by Gasteiger charge is -2.14. The Morgan fingerprint density at radius 3 is 2.39 bits per heavy atom. The van der Waals surface area contributed by atoms with E-state index in [1.807, 2.05) is 53.2 Å². The summed E-state index contributed by atoms with van der Waals surface area (Å²) in [7, 11) is 1.63. The van der Waals surface area contributed by atoms with Crippen LogP contribution in [0.4, 0.5) is 0 Å². The minimum absolute atomic E-state index is 0.144. The van der Waals surface area contributed by atoms with Gasteiger partial charge in [-0.15, -0.1) is 0 Å². The SMILES string of the molecule is COc1cc(/C=C/C(=O)NC2c3ccccc3-c3ccccc32)ccc1-n1ccnc1. The van der Waals surface area contributed by atoms with Crippen molar-refractivity contribution in [3.8, 4) is 22.6 Å². The van der Waals surface area contributed by atoms with Crippen LogP contribution in [0.2, 0.25) is 0 Å². The first kappa shape index (κ1) is 18.9. The van der Waals surface area contributed by atoms with Gasteiger partial charge >= 0.3 is 0 Å². The predicted octanol–water partition coefficient (Wildman–Crippen LogP) is 4.78. The van der Waals surface area contributed by atoms with E-state index in [0.29, 0.717) is 5.75 Å². The first-order chi connectivity index (χ1) is 15.2. The number of benzene rings is 3. The molecule has 0 aliphatic heterocycles. The van der Waals surface area contributed by atoms with E-state index in [1.54, 1.807) is 31.8 Å². The van der Waals surface area contributed by atoms with E-state index in [9.17, 15) is 4.79 Å². The number of hydrogen-bond donors (Lipinski definition) is 1. The van der Waals surface area contributed by atoms with Crippen molar-refractivity contribution in [1.29, 1.82) is 0 Å². The molecule has 0 atom stereocenters. The van der Waals surface area contributed by atoms with E-state index in [1.165, 1.54) is 11.1 Å². The van der Waals surface area contributed by atoms with Gasteiger partial charge in [0.05, 0.1) is 25.2 Å². The summed E-state index contributed by atoms with van der Waals surface area (Å²) >= 11 is 0. The zero-order valence-electron chi connectivity index (χ0n) is 17.0. The van der Waals surface area contributed by atoms with Crippen molar-refractivity contribution in [3.05, 3.63) is 108 Å². The first-order valence-corrected chi connectivity index (χ1v) is 10.1. The highest BCUT2D eigenvalue weighted by Crippen LogP contribution is 2.42. The van der Waals surface area contributed by atoms with Crippen molar-refractivity contribution < 1.29 is 9.53 Å². The highest BCUT2D eigenvalue weighted by Gasteiger charge is 2.28. The Morgan fingerprint density at radius 1 is 1.03 bits per heavy atom. The van der Waals surface area contributed by atoms with Gasteiger partial charge in [-0.2, -0.15) is 0 Å². The van der Waals surface area contributed by atoms with Crippen molar-refractivity contribution in [3.63, 3.8) is 0 Å². The summed E-state index contributed by atoms with van der Waals surface area (Å²) < 4.78 is 7.40. The largest absolute Gasteiger partial charge is 0.495 e. The molecule has 5 rings (SSSR count). The molecule has 31 heavy (non-hydrogen) atoms. The van der Waals surface area contributed by atoms with Crippen molar-refractivity contribution in [2.45, 2.75) is 6.04 Å². The zero-order chi connectivity index (χ0) is 21.2. The van der Waals surface area contributed by atoms with Crippen molar-refractivity contribution in [1.82, 2.24) is 14.9 Å². The average Bonchev–Trinajstić information content (AvgIpc) is 3.45. The lowest BCUT2D eigenvalue weighted by Crippen LogP contribution is -2.26. The van der Waals surface area contributed by atoms with Crippen molar-refractivity contribution in [2.75, 3.05) is 7.11 Å². The van der Waals surface area contributed by atoms with Crippen LogP contribution in [-0.2, 0) is 4.79 Å².